The minimum atomic E-state index is -0.753. The van der Waals surface area contributed by atoms with Crippen molar-refractivity contribution in [1.82, 2.24) is 9.97 Å². The molecular weight excluding hydrogens is 380 g/mol. The maximum atomic E-state index is 6.08. The van der Waals surface area contributed by atoms with Crippen molar-refractivity contribution in [3.8, 4) is 5.88 Å². The summed E-state index contributed by atoms with van der Waals surface area (Å²) in [6.07, 6.45) is 3.95. The molecule has 6 heteroatoms. The minimum Gasteiger partial charge on any atom is -0.477 e. The second kappa shape index (κ2) is 9.34. The van der Waals surface area contributed by atoms with Gasteiger partial charge in [-0.25, -0.2) is 9.97 Å². The molecule has 2 heterocycles. The van der Waals surface area contributed by atoms with Crippen LogP contribution in [-0.2, 0) is 26.4 Å². The monoisotopic (exact) mass is 406 g/mol. The fourth-order valence-corrected chi connectivity index (χ4v) is 3.49. The van der Waals surface area contributed by atoms with Gasteiger partial charge in [0.15, 0.2) is 5.79 Å². The number of fused-ring (bicyclic) bond motifs is 1. The lowest BCUT2D eigenvalue weighted by Gasteiger charge is -2.24. The molecule has 0 saturated carbocycles. The van der Waals surface area contributed by atoms with Gasteiger partial charge in [-0.1, -0.05) is 42.5 Å². The molecule has 2 unspecified atom stereocenters. The first kappa shape index (κ1) is 20.5. The van der Waals surface area contributed by atoms with Crippen molar-refractivity contribution in [2.75, 3.05) is 26.4 Å². The van der Waals surface area contributed by atoms with Gasteiger partial charge in [-0.15, -0.1) is 6.58 Å². The van der Waals surface area contributed by atoms with E-state index in [9.17, 15) is 0 Å². The molecular formula is C24H26N2O4. The number of hydrogen-bond acceptors (Lipinski definition) is 6. The van der Waals surface area contributed by atoms with E-state index in [4.69, 9.17) is 18.9 Å². The Morgan fingerprint density at radius 3 is 2.83 bits per heavy atom. The summed E-state index contributed by atoms with van der Waals surface area (Å²) in [5.41, 5.74) is 3.04. The molecule has 1 aliphatic rings. The second-order valence-electron chi connectivity index (χ2n) is 7.31. The van der Waals surface area contributed by atoms with Crippen LogP contribution in [0.5, 0.6) is 5.88 Å². The maximum Gasteiger partial charge on any atom is 0.224 e. The third kappa shape index (κ3) is 4.67. The number of ether oxygens (including phenoxy) is 4. The topological polar surface area (TPSA) is 62.7 Å². The molecule has 0 bridgehead atoms. The van der Waals surface area contributed by atoms with Crippen molar-refractivity contribution in [1.29, 1.82) is 0 Å². The lowest BCUT2D eigenvalue weighted by molar-refractivity contribution is -0.167. The first-order valence-corrected chi connectivity index (χ1v) is 10.1. The van der Waals surface area contributed by atoms with Crippen LogP contribution in [0.15, 0.2) is 67.5 Å². The molecule has 6 nitrogen and oxygen atoms in total. The molecule has 2 atom stereocenters. The van der Waals surface area contributed by atoms with Crippen LogP contribution in [-0.4, -0.2) is 42.5 Å². The molecule has 1 aliphatic heterocycles. The molecule has 0 N–H and O–H groups in total. The van der Waals surface area contributed by atoms with Crippen molar-refractivity contribution in [2.45, 2.75) is 25.2 Å². The van der Waals surface area contributed by atoms with Crippen LogP contribution in [0.25, 0.3) is 10.9 Å². The van der Waals surface area contributed by atoms with E-state index in [2.05, 4.69) is 28.7 Å². The second-order valence-corrected chi connectivity index (χ2v) is 7.31. The standard InChI is InChI=1S/C24H26N2O4/c1-3-13-27-15-20-16-29-24(2,30-20)19-10-8-18(9-11-19)12-14-28-23-21-6-4-5-7-22(21)25-17-26-23/h3-11,17,20H,1,12-16H2,2H3. The zero-order valence-corrected chi connectivity index (χ0v) is 17.1. The van der Waals surface area contributed by atoms with Gasteiger partial charge in [-0.2, -0.15) is 0 Å². The fraction of sp³-hybridized carbons (Fsp3) is 0.333. The Labute approximate surface area is 176 Å². The molecule has 4 rings (SSSR count). The van der Waals surface area contributed by atoms with Crippen LogP contribution < -0.4 is 4.74 Å². The van der Waals surface area contributed by atoms with Crippen LogP contribution in [0.4, 0.5) is 0 Å². The summed E-state index contributed by atoms with van der Waals surface area (Å²) in [5, 5.41) is 0.922. The Morgan fingerprint density at radius 1 is 1.17 bits per heavy atom. The SMILES string of the molecule is C=CCOCC1COC(C)(c2ccc(CCOc3ncnc4ccccc34)cc2)O1. The van der Waals surface area contributed by atoms with Crippen molar-refractivity contribution in [3.63, 3.8) is 0 Å². The zero-order chi connectivity index (χ0) is 20.8. The smallest absolute Gasteiger partial charge is 0.224 e. The van der Waals surface area contributed by atoms with E-state index >= 15 is 0 Å². The van der Waals surface area contributed by atoms with Gasteiger partial charge in [-0.05, 0) is 24.6 Å². The van der Waals surface area contributed by atoms with E-state index in [0.29, 0.717) is 32.3 Å². The van der Waals surface area contributed by atoms with Gasteiger partial charge >= 0.3 is 0 Å². The van der Waals surface area contributed by atoms with Crippen LogP contribution in [0.3, 0.4) is 0 Å². The largest absolute Gasteiger partial charge is 0.477 e. The van der Waals surface area contributed by atoms with Crippen molar-refractivity contribution >= 4 is 10.9 Å². The fourth-order valence-electron chi connectivity index (χ4n) is 3.49. The third-order valence-corrected chi connectivity index (χ3v) is 5.09. The molecule has 2 aromatic carbocycles. The highest BCUT2D eigenvalue weighted by Gasteiger charge is 2.38. The van der Waals surface area contributed by atoms with E-state index < -0.39 is 5.79 Å². The van der Waals surface area contributed by atoms with Crippen molar-refractivity contribution < 1.29 is 18.9 Å². The molecule has 1 fully saturated rings. The Morgan fingerprint density at radius 2 is 2.00 bits per heavy atom. The molecule has 1 aromatic heterocycles. The normalized spacial score (nSPS) is 21.0. The summed E-state index contributed by atoms with van der Waals surface area (Å²) in [4.78, 5) is 8.53. The lowest BCUT2D eigenvalue weighted by atomic mass is 10.0. The van der Waals surface area contributed by atoms with Gasteiger partial charge in [0.2, 0.25) is 5.88 Å². The number of nitrogens with zero attached hydrogens (tertiary/aromatic N) is 2. The summed E-state index contributed by atoms with van der Waals surface area (Å²) in [6, 6.07) is 16.1. The number of para-hydroxylation sites is 1. The summed E-state index contributed by atoms with van der Waals surface area (Å²) in [5.74, 6) is -0.140. The molecule has 0 spiro atoms. The summed E-state index contributed by atoms with van der Waals surface area (Å²) < 4.78 is 23.4. The van der Waals surface area contributed by atoms with Gasteiger partial charge in [0, 0.05) is 12.0 Å². The van der Waals surface area contributed by atoms with E-state index in [1.807, 2.05) is 43.3 Å². The number of rotatable bonds is 9. The highest BCUT2D eigenvalue weighted by molar-refractivity contribution is 5.82. The Bertz CT molecular complexity index is 987. The Hall–Kier alpha value is -2.80. The summed E-state index contributed by atoms with van der Waals surface area (Å²) in [7, 11) is 0. The Kier molecular flexibility index (Phi) is 6.38. The highest BCUT2D eigenvalue weighted by Crippen LogP contribution is 2.34. The van der Waals surface area contributed by atoms with Gasteiger partial charge in [0.25, 0.3) is 0 Å². The van der Waals surface area contributed by atoms with Gasteiger partial charge in [-0.3, -0.25) is 0 Å². The average molecular weight is 406 g/mol. The van der Waals surface area contributed by atoms with Crippen LogP contribution in [0, 0.1) is 0 Å². The van der Waals surface area contributed by atoms with Crippen molar-refractivity contribution in [3.05, 3.63) is 78.6 Å². The van der Waals surface area contributed by atoms with Gasteiger partial charge in [0.05, 0.1) is 37.3 Å². The molecule has 1 saturated heterocycles. The molecule has 0 radical (unpaired) electrons. The van der Waals surface area contributed by atoms with Crippen LogP contribution in [0.2, 0.25) is 0 Å². The average Bonchev–Trinajstić information content (AvgIpc) is 3.17. The minimum absolute atomic E-state index is 0.0780. The first-order chi connectivity index (χ1) is 14.7. The van der Waals surface area contributed by atoms with E-state index in [0.717, 1.165) is 22.9 Å². The quantitative estimate of drug-likeness (QED) is 0.395. The lowest BCUT2D eigenvalue weighted by Crippen LogP contribution is -2.25. The van der Waals surface area contributed by atoms with Gasteiger partial charge < -0.3 is 18.9 Å². The third-order valence-electron chi connectivity index (χ3n) is 5.09. The first-order valence-electron chi connectivity index (χ1n) is 10.1. The molecule has 30 heavy (non-hydrogen) atoms. The van der Waals surface area contributed by atoms with Crippen LogP contribution in [0.1, 0.15) is 18.1 Å². The van der Waals surface area contributed by atoms with Gasteiger partial charge in [0.1, 0.15) is 12.4 Å². The number of benzene rings is 2. The molecule has 3 aromatic rings. The number of aromatic nitrogens is 2. The maximum absolute atomic E-state index is 6.08. The van der Waals surface area contributed by atoms with Crippen molar-refractivity contribution in [2.24, 2.45) is 0 Å². The summed E-state index contributed by atoms with van der Waals surface area (Å²) in [6.45, 7) is 7.64. The molecule has 0 aliphatic carbocycles. The van der Waals surface area contributed by atoms with E-state index in [1.54, 1.807) is 6.08 Å². The predicted octanol–water partition coefficient (Wildman–Crippen LogP) is 4.04. The van der Waals surface area contributed by atoms with E-state index in [-0.39, 0.29) is 6.10 Å². The number of hydrogen-bond donors (Lipinski definition) is 0. The summed E-state index contributed by atoms with van der Waals surface area (Å²) >= 11 is 0. The zero-order valence-electron chi connectivity index (χ0n) is 17.1. The Balaban J connectivity index is 1.32. The predicted molar refractivity (Wildman–Crippen MR) is 114 cm³/mol. The highest BCUT2D eigenvalue weighted by atomic mass is 16.7. The molecule has 156 valence electrons. The van der Waals surface area contributed by atoms with E-state index in [1.165, 1.54) is 11.9 Å². The molecule has 0 amide bonds. The van der Waals surface area contributed by atoms with Crippen LogP contribution >= 0.6 is 0 Å².